The minimum Gasteiger partial charge on any atom is -0.357 e. The molecule has 2 aromatic heterocycles. The molecule has 2 aromatic rings. The zero-order valence-electron chi connectivity index (χ0n) is 12.6. The monoisotopic (exact) mass is 305 g/mol. The Morgan fingerprint density at radius 1 is 1.48 bits per heavy atom. The van der Waals surface area contributed by atoms with Crippen molar-refractivity contribution >= 4 is 17.3 Å². The van der Waals surface area contributed by atoms with E-state index in [1.54, 1.807) is 11.3 Å². The molecule has 0 aliphatic rings. The maximum atomic E-state index is 4.60. The van der Waals surface area contributed by atoms with Crippen molar-refractivity contribution < 1.29 is 0 Å². The van der Waals surface area contributed by atoms with Crippen LogP contribution in [0.15, 0.2) is 40.3 Å². The first-order chi connectivity index (χ1) is 10.3. The molecule has 5 nitrogen and oxygen atoms in total. The SMILES string of the molecule is CCNC(=NCc1ccsc1)NCC(C)Cn1cccn1. The van der Waals surface area contributed by atoms with Crippen LogP contribution in [0.4, 0.5) is 0 Å². The predicted molar refractivity (Wildman–Crippen MR) is 88.5 cm³/mol. The predicted octanol–water partition coefficient (Wildman–Crippen LogP) is 2.34. The Balaban J connectivity index is 1.80. The number of nitrogens with zero attached hydrogens (tertiary/aromatic N) is 3. The third-order valence-electron chi connectivity index (χ3n) is 3.02. The van der Waals surface area contributed by atoms with Gasteiger partial charge in [-0.05, 0) is 41.3 Å². The molecule has 0 aliphatic carbocycles. The Morgan fingerprint density at radius 2 is 2.38 bits per heavy atom. The summed E-state index contributed by atoms with van der Waals surface area (Å²) in [6.45, 7) is 7.64. The van der Waals surface area contributed by atoms with Gasteiger partial charge in [-0.2, -0.15) is 16.4 Å². The minimum absolute atomic E-state index is 0.481. The van der Waals surface area contributed by atoms with Crippen LogP contribution in [0, 0.1) is 5.92 Å². The molecule has 0 saturated heterocycles. The van der Waals surface area contributed by atoms with E-state index in [0.29, 0.717) is 12.5 Å². The lowest BCUT2D eigenvalue weighted by Crippen LogP contribution is -2.40. The average Bonchev–Trinajstić information content (AvgIpc) is 3.15. The van der Waals surface area contributed by atoms with E-state index >= 15 is 0 Å². The minimum atomic E-state index is 0.481. The average molecular weight is 305 g/mol. The van der Waals surface area contributed by atoms with Crippen molar-refractivity contribution in [1.29, 1.82) is 0 Å². The molecule has 1 unspecified atom stereocenters. The third kappa shape index (κ3) is 5.59. The largest absolute Gasteiger partial charge is 0.357 e. The molecule has 0 spiro atoms. The molecule has 21 heavy (non-hydrogen) atoms. The van der Waals surface area contributed by atoms with Gasteiger partial charge in [-0.3, -0.25) is 4.68 Å². The smallest absolute Gasteiger partial charge is 0.191 e. The summed E-state index contributed by atoms with van der Waals surface area (Å²) in [7, 11) is 0. The van der Waals surface area contributed by atoms with Gasteiger partial charge in [0.25, 0.3) is 0 Å². The molecule has 0 fully saturated rings. The van der Waals surface area contributed by atoms with Crippen LogP contribution in [-0.2, 0) is 13.1 Å². The van der Waals surface area contributed by atoms with Gasteiger partial charge in [0, 0.05) is 32.0 Å². The molecule has 0 amide bonds. The van der Waals surface area contributed by atoms with Crippen LogP contribution in [-0.4, -0.2) is 28.8 Å². The maximum Gasteiger partial charge on any atom is 0.191 e. The van der Waals surface area contributed by atoms with Crippen LogP contribution in [0.5, 0.6) is 0 Å². The Morgan fingerprint density at radius 3 is 3.05 bits per heavy atom. The van der Waals surface area contributed by atoms with Gasteiger partial charge in [0.2, 0.25) is 0 Å². The molecule has 0 aliphatic heterocycles. The van der Waals surface area contributed by atoms with Gasteiger partial charge in [0.05, 0.1) is 6.54 Å². The number of aromatic nitrogens is 2. The first-order valence-corrected chi connectivity index (χ1v) is 8.23. The zero-order valence-corrected chi connectivity index (χ0v) is 13.4. The first kappa shape index (κ1) is 15.6. The summed E-state index contributed by atoms with van der Waals surface area (Å²) >= 11 is 1.71. The summed E-state index contributed by atoms with van der Waals surface area (Å²) in [6.07, 6.45) is 3.80. The van der Waals surface area contributed by atoms with Crippen LogP contribution < -0.4 is 10.6 Å². The van der Waals surface area contributed by atoms with Crippen LogP contribution in [0.3, 0.4) is 0 Å². The normalized spacial score (nSPS) is 13.1. The van der Waals surface area contributed by atoms with E-state index in [4.69, 9.17) is 0 Å². The number of aliphatic imine (C=N–C) groups is 1. The summed E-state index contributed by atoms with van der Waals surface area (Å²) in [5, 5.41) is 15.1. The molecule has 0 aromatic carbocycles. The molecule has 0 bridgehead atoms. The Bertz CT molecular complexity index is 518. The highest BCUT2D eigenvalue weighted by Gasteiger charge is 2.05. The molecule has 2 heterocycles. The fourth-order valence-corrected chi connectivity index (χ4v) is 2.62. The lowest BCUT2D eigenvalue weighted by molar-refractivity contribution is 0.443. The number of guanidine groups is 1. The van der Waals surface area contributed by atoms with E-state index in [2.05, 4.69) is 51.4 Å². The van der Waals surface area contributed by atoms with E-state index in [1.165, 1.54) is 5.56 Å². The van der Waals surface area contributed by atoms with Crippen molar-refractivity contribution in [3.8, 4) is 0 Å². The Kier molecular flexibility index (Phi) is 6.27. The molecule has 114 valence electrons. The van der Waals surface area contributed by atoms with Crippen molar-refractivity contribution in [2.45, 2.75) is 26.9 Å². The highest BCUT2D eigenvalue weighted by Crippen LogP contribution is 2.06. The van der Waals surface area contributed by atoms with E-state index in [-0.39, 0.29) is 0 Å². The Hall–Kier alpha value is -1.82. The van der Waals surface area contributed by atoms with E-state index in [1.807, 2.05) is 23.1 Å². The van der Waals surface area contributed by atoms with Crippen molar-refractivity contribution in [3.63, 3.8) is 0 Å². The quantitative estimate of drug-likeness (QED) is 0.610. The van der Waals surface area contributed by atoms with Crippen LogP contribution in [0.2, 0.25) is 0 Å². The summed E-state index contributed by atoms with van der Waals surface area (Å²) in [5.41, 5.74) is 1.25. The van der Waals surface area contributed by atoms with Gasteiger partial charge >= 0.3 is 0 Å². The number of thiophene rings is 1. The molecular formula is C15H23N5S. The molecule has 1 atom stereocenters. The van der Waals surface area contributed by atoms with Crippen molar-refractivity contribution in [1.82, 2.24) is 20.4 Å². The second kappa shape index (κ2) is 8.46. The summed E-state index contributed by atoms with van der Waals surface area (Å²) in [4.78, 5) is 4.60. The van der Waals surface area contributed by atoms with Crippen LogP contribution >= 0.6 is 11.3 Å². The van der Waals surface area contributed by atoms with Gasteiger partial charge < -0.3 is 10.6 Å². The first-order valence-electron chi connectivity index (χ1n) is 7.28. The number of nitrogens with one attached hydrogen (secondary N) is 2. The van der Waals surface area contributed by atoms with Gasteiger partial charge in [0.1, 0.15) is 0 Å². The molecular weight excluding hydrogens is 282 g/mol. The maximum absolute atomic E-state index is 4.60. The number of rotatable bonds is 7. The van der Waals surface area contributed by atoms with E-state index in [9.17, 15) is 0 Å². The topological polar surface area (TPSA) is 54.2 Å². The lowest BCUT2D eigenvalue weighted by atomic mass is 10.2. The highest BCUT2D eigenvalue weighted by molar-refractivity contribution is 7.07. The van der Waals surface area contributed by atoms with Gasteiger partial charge in [-0.15, -0.1) is 0 Å². The van der Waals surface area contributed by atoms with E-state index in [0.717, 1.165) is 25.6 Å². The number of hydrogen-bond donors (Lipinski definition) is 2. The summed E-state index contributed by atoms with van der Waals surface area (Å²) < 4.78 is 1.96. The second-order valence-corrected chi connectivity index (χ2v) is 5.82. The van der Waals surface area contributed by atoms with E-state index < -0.39 is 0 Å². The molecule has 2 rings (SSSR count). The van der Waals surface area contributed by atoms with Crippen molar-refractivity contribution in [2.24, 2.45) is 10.9 Å². The summed E-state index contributed by atoms with van der Waals surface area (Å²) in [6, 6.07) is 4.06. The summed E-state index contributed by atoms with van der Waals surface area (Å²) in [5.74, 6) is 1.35. The molecule has 0 radical (unpaired) electrons. The van der Waals surface area contributed by atoms with Crippen LogP contribution in [0.1, 0.15) is 19.4 Å². The van der Waals surface area contributed by atoms with Gasteiger partial charge in [-0.25, -0.2) is 4.99 Å². The third-order valence-corrected chi connectivity index (χ3v) is 3.75. The standard InChI is InChI=1S/C15H23N5S/c1-3-16-15(18-10-14-5-8-21-12-14)17-9-13(2)11-20-7-4-6-19-20/h4-8,12-13H,3,9-11H2,1-2H3,(H2,16,17,18). The molecule has 6 heteroatoms. The molecule has 0 saturated carbocycles. The van der Waals surface area contributed by atoms with Crippen LogP contribution in [0.25, 0.3) is 0 Å². The van der Waals surface area contributed by atoms with Gasteiger partial charge in [0.15, 0.2) is 5.96 Å². The van der Waals surface area contributed by atoms with Gasteiger partial charge in [-0.1, -0.05) is 6.92 Å². The highest BCUT2D eigenvalue weighted by atomic mass is 32.1. The fourth-order valence-electron chi connectivity index (χ4n) is 1.96. The second-order valence-electron chi connectivity index (χ2n) is 5.04. The van der Waals surface area contributed by atoms with Crippen molar-refractivity contribution in [2.75, 3.05) is 13.1 Å². The number of hydrogen-bond acceptors (Lipinski definition) is 3. The Labute approximate surface area is 130 Å². The lowest BCUT2D eigenvalue weighted by Gasteiger charge is -2.16. The fraction of sp³-hybridized carbons (Fsp3) is 0.467. The zero-order chi connectivity index (χ0) is 14.9. The van der Waals surface area contributed by atoms with Crippen molar-refractivity contribution in [3.05, 3.63) is 40.8 Å². The molecule has 2 N–H and O–H groups in total.